The molecule has 1 amide bonds. The standard InChI is InChI=1S/C25H21FN6O4/c1-36-15-10-11-18(26)17(12-15)21(30-14-8-6-13(7-9-14)23(28)29)22-20(27)24(33)32(31-22)19-5-3-2-4-16(19)25(34)35/h2-12,21,27,30H,1H3,(H3,28,29)(H,34,35). The molecule has 0 spiro atoms. The number of para-hydroxylation sites is 1. The number of halogens is 1. The van der Waals surface area contributed by atoms with E-state index in [9.17, 15) is 14.7 Å². The van der Waals surface area contributed by atoms with Crippen molar-refractivity contribution >= 4 is 40.5 Å². The highest BCUT2D eigenvalue weighted by atomic mass is 19.1. The number of methoxy groups -OCH3 is 1. The van der Waals surface area contributed by atoms with Gasteiger partial charge in [0.2, 0.25) is 0 Å². The number of carboxylic acid groups (broad SMARTS) is 1. The minimum atomic E-state index is -1.27. The van der Waals surface area contributed by atoms with Gasteiger partial charge >= 0.3 is 5.97 Å². The second-order valence-corrected chi connectivity index (χ2v) is 7.76. The highest BCUT2D eigenvalue weighted by molar-refractivity contribution is 6.71. The summed E-state index contributed by atoms with van der Waals surface area (Å²) in [5.41, 5.74) is 5.65. The normalized spacial score (nSPS) is 13.8. The van der Waals surface area contributed by atoms with Crippen LogP contribution in [0.25, 0.3) is 0 Å². The van der Waals surface area contributed by atoms with E-state index in [1.807, 2.05) is 0 Å². The number of hydrazone groups is 1. The maximum absolute atomic E-state index is 15.1. The van der Waals surface area contributed by atoms with Crippen LogP contribution in [0, 0.1) is 16.6 Å². The summed E-state index contributed by atoms with van der Waals surface area (Å²) in [4.78, 5) is 24.7. The fraction of sp³-hybridized carbons (Fsp3) is 0.0800. The Morgan fingerprint density at radius 2 is 1.86 bits per heavy atom. The highest BCUT2D eigenvalue weighted by Gasteiger charge is 2.39. The molecule has 3 aromatic carbocycles. The number of amidine groups is 1. The van der Waals surface area contributed by atoms with Gasteiger partial charge < -0.3 is 20.9 Å². The first kappa shape index (κ1) is 24.1. The van der Waals surface area contributed by atoms with Crippen LogP contribution in [-0.2, 0) is 4.79 Å². The molecule has 0 radical (unpaired) electrons. The van der Waals surface area contributed by atoms with Crippen LogP contribution >= 0.6 is 0 Å². The molecule has 1 atom stereocenters. The van der Waals surface area contributed by atoms with Crippen molar-refractivity contribution < 1.29 is 23.8 Å². The van der Waals surface area contributed by atoms with Crippen LogP contribution in [0.3, 0.4) is 0 Å². The fourth-order valence-corrected chi connectivity index (χ4v) is 3.70. The van der Waals surface area contributed by atoms with Crippen molar-refractivity contribution in [2.24, 2.45) is 10.8 Å². The van der Waals surface area contributed by atoms with Crippen molar-refractivity contribution in [3.63, 3.8) is 0 Å². The minimum Gasteiger partial charge on any atom is -0.497 e. The van der Waals surface area contributed by atoms with Crippen LogP contribution in [0.2, 0.25) is 0 Å². The molecule has 4 rings (SSSR count). The number of carbonyl (C=O) groups excluding carboxylic acids is 1. The molecule has 1 aliphatic rings. The van der Waals surface area contributed by atoms with E-state index in [1.54, 1.807) is 30.3 Å². The van der Waals surface area contributed by atoms with Crippen molar-refractivity contribution in [1.82, 2.24) is 0 Å². The molecule has 0 bridgehead atoms. The maximum atomic E-state index is 15.1. The number of nitrogens with one attached hydrogen (secondary N) is 3. The number of nitrogens with two attached hydrogens (primary N) is 1. The van der Waals surface area contributed by atoms with Gasteiger partial charge in [-0.15, -0.1) is 0 Å². The van der Waals surface area contributed by atoms with Gasteiger partial charge in [0.05, 0.1) is 18.4 Å². The van der Waals surface area contributed by atoms with Gasteiger partial charge in [0, 0.05) is 16.8 Å². The SMILES string of the molecule is COc1ccc(F)c(C(Nc2ccc(C(=N)N)cc2)C2=NN(c3ccccc3C(=O)O)C(=O)C2=N)c1. The van der Waals surface area contributed by atoms with E-state index in [-0.39, 0.29) is 28.4 Å². The summed E-state index contributed by atoms with van der Waals surface area (Å²) < 4.78 is 20.3. The van der Waals surface area contributed by atoms with E-state index < -0.39 is 29.4 Å². The van der Waals surface area contributed by atoms with Gasteiger partial charge in [-0.25, -0.2) is 9.18 Å². The second kappa shape index (κ2) is 9.66. The summed E-state index contributed by atoms with van der Waals surface area (Å²) in [6.45, 7) is 0. The molecule has 182 valence electrons. The van der Waals surface area contributed by atoms with Crippen molar-refractivity contribution in [3.8, 4) is 5.75 Å². The number of aromatic carboxylic acids is 1. The van der Waals surface area contributed by atoms with Gasteiger partial charge in [-0.2, -0.15) is 10.1 Å². The molecule has 0 saturated heterocycles. The first-order chi connectivity index (χ1) is 17.2. The number of amides is 1. The molecule has 1 aliphatic heterocycles. The molecule has 0 aromatic heterocycles. The van der Waals surface area contributed by atoms with Gasteiger partial charge in [-0.1, -0.05) is 12.1 Å². The molecule has 0 saturated carbocycles. The van der Waals surface area contributed by atoms with E-state index in [0.29, 0.717) is 17.0 Å². The average Bonchev–Trinajstić information content (AvgIpc) is 3.17. The number of benzene rings is 3. The number of nitrogen functional groups attached to an aromatic ring is 1. The molecule has 3 aromatic rings. The molecule has 6 N–H and O–H groups in total. The largest absolute Gasteiger partial charge is 0.497 e. The predicted octanol–water partition coefficient (Wildman–Crippen LogP) is 3.39. The first-order valence-corrected chi connectivity index (χ1v) is 10.6. The van der Waals surface area contributed by atoms with Crippen LogP contribution in [0.1, 0.15) is 27.5 Å². The Kier molecular flexibility index (Phi) is 6.46. The number of ether oxygens (including phenoxy) is 1. The number of carbonyl (C=O) groups is 2. The molecule has 1 heterocycles. The number of rotatable bonds is 8. The van der Waals surface area contributed by atoms with E-state index in [1.165, 1.54) is 43.5 Å². The fourth-order valence-electron chi connectivity index (χ4n) is 3.70. The molecular weight excluding hydrogens is 467 g/mol. The Labute approximate surface area is 204 Å². The van der Waals surface area contributed by atoms with Crippen LogP contribution in [0.5, 0.6) is 5.75 Å². The molecule has 10 nitrogen and oxygen atoms in total. The van der Waals surface area contributed by atoms with Crippen LogP contribution in [-0.4, -0.2) is 41.4 Å². The lowest BCUT2D eigenvalue weighted by atomic mass is 9.97. The summed E-state index contributed by atoms with van der Waals surface area (Å²) in [6, 6.07) is 15.1. The van der Waals surface area contributed by atoms with Gasteiger partial charge in [0.1, 0.15) is 34.9 Å². The minimum absolute atomic E-state index is 0.0228. The van der Waals surface area contributed by atoms with Gasteiger partial charge in [0.15, 0.2) is 0 Å². The summed E-state index contributed by atoms with van der Waals surface area (Å²) in [5.74, 6) is -2.55. The quantitative estimate of drug-likeness (QED) is 0.241. The predicted molar refractivity (Wildman–Crippen MR) is 133 cm³/mol. The van der Waals surface area contributed by atoms with E-state index in [0.717, 1.165) is 5.01 Å². The lowest BCUT2D eigenvalue weighted by Gasteiger charge is -2.21. The highest BCUT2D eigenvalue weighted by Crippen LogP contribution is 2.32. The number of nitrogens with zero attached hydrogens (tertiary/aromatic N) is 2. The Balaban J connectivity index is 1.83. The third kappa shape index (κ3) is 4.49. The zero-order valence-electron chi connectivity index (χ0n) is 18.9. The molecule has 0 aliphatic carbocycles. The van der Waals surface area contributed by atoms with Gasteiger partial charge in [-0.3, -0.25) is 15.6 Å². The molecular formula is C25H21FN6O4. The van der Waals surface area contributed by atoms with Crippen molar-refractivity contribution in [2.45, 2.75) is 6.04 Å². The topological polar surface area (TPSA) is 165 Å². The van der Waals surface area contributed by atoms with Gasteiger partial charge in [0.25, 0.3) is 5.91 Å². The maximum Gasteiger partial charge on any atom is 0.337 e. The van der Waals surface area contributed by atoms with Gasteiger partial charge in [-0.05, 0) is 54.6 Å². The monoisotopic (exact) mass is 488 g/mol. The molecule has 36 heavy (non-hydrogen) atoms. The van der Waals surface area contributed by atoms with Crippen LogP contribution in [0.15, 0.2) is 71.8 Å². The van der Waals surface area contributed by atoms with E-state index in [2.05, 4.69) is 10.4 Å². The Bertz CT molecular complexity index is 1420. The summed E-state index contributed by atoms with van der Waals surface area (Å²) in [7, 11) is 1.42. The number of hydrogen-bond acceptors (Lipinski definition) is 7. The van der Waals surface area contributed by atoms with Crippen molar-refractivity contribution in [1.29, 1.82) is 10.8 Å². The first-order valence-electron chi connectivity index (χ1n) is 10.6. The Hall–Kier alpha value is -5.06. The number of hydrogen-bond donors (Lipinski definition) is 5. The lowest BCUT2D eigenvalue weighted by Crippen LogP contribution is -2.31. The summed E-state index contributed by atoms with van der Waals surface area (Å²) >= 11 is 0. The smallest absolute Gasteiger partial charge is 0.337 e. The summed E-state index contributed by atoms with van der Waals surface area (Å²) in [6.07, 6.45) is 0. The number of anilines is 2. The van der Waals surface area contributed by atoms with E-state index >= 15 is 4.39 Å². The summed E-state index contributed by atoms with van der Waals surface area (Å²) in [5, 5.41) is 33.7. The second-order valence-electron chi connectivity index (χ2n) is 7.76. The number of carboxylic acids is 1. The van der Waals surface area contributed by atoms with Crippen molar-refractivity contribution in [3.05, 3.63) is 89.2 Å². The average molecular weight is 488 g/mol. The van der Waals surface area contributed by atoms with Crippen LogP contribution < -0.4 is 20.8 Å². The Morgan fingerprint density at radius 1 is 1.17 bits per heavy atom. The third-order valence-corrected chi connectivity index (χ3v) is 5.53. The molecule has 11 heteroatoms. The van der Waals surface area contributed by atoms with E-state index in [4.69, 9.17) is 21.3 Å². The zero-order chi connectivity index (χ0) is 26.0. The third-order valence-electron chi connectivity index (χ3n) is 5.53. The lowest BCUT2D eigenvalue weighted by molar-refractivity contribution is -0.112. The zero-order valence-corrected chi connectivity index (χ0v) is 18.9. The molecule has 0 fully saturated rings. The van der Waals surface area contributed by atoms with Crippen LogP contribution in [0.4, 0.5) is 15.8 Å². The Morgan fingerprint density at radius 3 is 2.50 bits per heavy atom. The molecule has 1 unspecified atom stereocenters. The van der Waals surface area contributed by atoms with Crippen molar-refractivity contribution in [2.75, 3.05) is 17.4 Å².